The first-order valence-corrected chi connectivity index (χ1v) is 12.3. The fourth-order valence-corrected chi connectivity index (χ4v) is 5.18. The number of benzene rings is 3. The van der Waals surface area contributed by atoms with Crippen molar-refractivity contribution in [3.8, 4) is 11.8 Å². The molecule has 3 aromatic rings. The van der Waals surface area contributed by atoms with Crippen molar-refractivity contribution in [2.24, 2.45) is 0 Å². The van der Waals surface area contributed by atoms with Crippen molar-refractivity contribution in [2.75, 3.05) is 17.3 Å². The summed E-state index contributed by atoms with van der Waals surface area (Å²) in [5.74, 6) is -0.620. The molecule has 3 aromatic carbocycles. The van der Waals surface area contributed by atoms with Gasteiger partial charge >= 0.3 is 6.18 Å². The van der Waals surface area contributed by atoms with E-state index >= 15 is 0 Å². The van der Waals surface area contributed by atoms with Crippen LogP contribution in [0, 0.1) is 18.3 Å². The molecule has 1 aliphatic rings. The fraction of sp³-hybridized carbons (Fsp3) is 0.179. The van der Waals surface area contributed by atoms with Crippen LogP contribution in [0.4, 0.5) is 24.5 Å². The highest BCUT2D eigenvalue weighted by atomic mass is 32.2. The van der Waals surface area contributed by atoms with Gasteiger partial charge in [0, 0.05) is 11.4 Å². The Bertz CT molecular complexity index is 1430. The van der Waals surface area contributed by atoms with Gasteiger partial charge in [0.05, 0.1) is 17.9 Å². The Balaban J connectivity index is 1.72. The van der Waals surface area contributed by atoms with Crippen LogP contribution in [-0.4, -0.2) is 24.2 Å². The van der Waals surface area contributed by atoms with Crippen molar-refractivity contribution in [2.45, 2.75) is 24.8 Å². The van der Waals surface area contributed by atoms with Crippen LogP contribution in [-0.2, 0) is 22.2 Å². The number of anilines is 2. The molecule has 0 spiro atoms. The predicted octanol–water partition coefficient (Wildman–Crippen LogP) is 6.09. The molecule has 1 heterocycles. The number of aryl methyl sites for hydroxylation is 1. The molecule has 1 fully saturated rings. The van der Waals surface area contributed by atoms with Crippen molar-refractivity contribution in [1.29, 1.82) is 5.26 Å². The number of ether oxygens (including phenoxy) is 1. The molecule has 1 unspecified atom stereocenters. The molecule has 0 radical (unpaired) electrons. The first kappa shape index (κ1) is 26.8. The SMILES string of the molecule is COc1ccc(N2C(=O)C(Cc3cccc(C(F)(F)F)c3)S/C2=C(/C#N)C(=O)Nc2ccc(C)cc2)cc1. The zero-order valence-electron chi connectivity index (χ0n) is 20.4. The molecule has 2 amide bonds. The number of hydrogen-bond donors (Lipinski definition) is 1. The molecule has 0 aliphatic carbocycles. The maximum atomic E-state index is 13.6. The summed E-state index contributed by atoms with van der Waals surface area (Å²) in [6.07, 6.45) is -4.55. The number of nitrogens with zero attached hydrogens (tertiary/aromatic N) is 2. The van der Waals surface area contributed by atoms with Gasteiger partial charge in [0.15, 0.2) is 0 Å². The summed E-state index contributed by atoms with van der Waals surface area (Å²) in [5.41, 5.74) is 1.06. The minimum absolute atomic E-state index is 0.0259. The molecule has 1 N–H and O–H groups in total. The predicted molar refractivity (Wildman–Crippen MR) is 139 cm³/mol. The average molecular weight is 538 g/mol. The highest BCUT2D eigenvalue weighted by Crippen LogP contribution is 2.42. The summed E-state index contributed by atoms with van der Waals surface area (Å²) in [6.45, 7) is 1.90. The van der Waals surface area contributed by atoms with Gasteiger partial charge in [-0.05, 0) is 61.4 Å². The van der Waals surface area contributed by atoms with Crippen LogP contribution in [0.1, 0.15) is 16.7 Å². The molecule has 38 heavy (non-hydrogen) atoms. The van der Waals surface area contributed by atoms with Gasteiger partial charge in [-0.1, -0.05) is 47.7 Å². The van der Waals surface area contributed by atoms with E-state index in [9.17, 15) is 28.0 Å². The number of carbonyl (C=O) groups excluding carboxylic acids is 2. The Labute approximate surface area is 221 Å². The number of amides is 2. The van der Waals surface area contributed by atoms with E-state index in [1.165, 1.54) is 24.1 Å². The maximum absolute atomic E-state index is 13.6. The van der Waals surface area contributed by atoms with E-state index < -0.39 is 28.8 Å². The van der Waals surface area contributed by atoms with E-state index in [1.54, 1.807) is 48.5 Å². The lowest BCUT2D eigenvalue weighted by Gasteiger charge is -2.19. The lowest BCUT2D eigenvalue weighted by atomic mass is 10.1. The zero-order chi connectivity index (χ0) is 27.4. The Hall–Kier alpha value is -4.23. The van der Waals surface area contributed by atoms with Crippen LogP contribution in [0.25, 0.3) is 0 Å². The molecule has 1 atom stereocenters. The molecule has 0 aromatic heterocycles. The third-order valence-electron chi connectivity index (χ3n) is 5.82. The van der Waals surface area contributed by atoms with Gasteiger partial charge in [0.1, 0.15) is 22.4 Å². The van der Waals surface area contributed by atoms with Gasteiger partial charge in [0.2, 0.25) is 5.91 Å². The van der Waals surface area contributed by atoms with Crippen molar-refractivity contribution in [1.82, 2.24) is 0 Å². The first-order valence-electron chi connectivity index (χ1n) is 11.4. The summed E-state index contributed by atoms with van der Waals surface area (Å²) in [5, 5.41) is 11.9. The molecule has 10 heteroatoms. The number of alkyl halides is 3. The maximum Gasteiger partial charge on any atom is 0.416 e. The molecule has 1 aliphatic heterocycles. The molecular formula is C28H22F3N3O3S. The van der Waals surface area contributed by atoms with E-state index in [4.69, 9.17) is 4.74 Å². The molecule has 1 saturated heterocycles. The zero-order valence-corrected chi connectivity index (χ0v) is 21.2. The molecule has 0 saturated carbocycles. The van der Waals surface area contributed by atoms with E-state index in [0.29, 0.717) is 22.7 Å². The van der Waals surface area contributed by atoms with Gasteiger partial charge < -0.3 is 10.1 Å². The second-order valence-corrected chi connectivity index (χ2v) is 9.68. The van der Waals surface area contributed by atoms with Crippen LogP contribution < -0.4 is 15.0 Å². The number of rotatable bonds is 6. The normalized spacial score (nSPS) is 16.7. The van der Waals surface area contributed by atoms with Crippen LogP contribution in [0.5, 0.6) is 5.75 Å². The topological polar surface area (TPSA) is 82.4 Å². The van der Waals surface area contributed by atoms with Gasteiger partial charge in [-0.2, -0.15) is 18.4 Å². The molecule has 194 valence electrons. The van der Waals surface area contributed by atoms with Crippen LogP contribution >= 0.6 is 11.8 Å². The van der Waals surface area contributed by atoms with Crippen molar-refractivity contribution in [3.05, 3.63) is 100 Å². The van der Waals surface area contributed by atoms with Crippen molar-refractivity contribution >= 4 is 35.0 Å². The summed E-state index contributed by atoms with van der Waals surface area (Å²) in [6, 6.07) is 20.1. The number of hydrogen-bond acceptors (Lipinski definition) is 5. The van der Waals surface area contributed by atoms with Crippen LogP contribution in [0.3, 0.4) is 0 Å². The summed E-state index contributed by atoms with van der Waals surface area (Å²) >= 11 is 0.974. The standard InChI is InChI=1S/C28H22F3N3O3S/c1-17-6-8-20(9-7-17)33-25(35)23(16-32)27-34(21-10-12-22(37-2)13-11-21)26(36)24(38-27)15-18-4-3-5-19(14-18)28(29,30)31/h3-14,24H,15H2,1-2H3,(H,33,35)/b27-23-. The smallest absolute Gasteiger partial charge is 0.416 e. The molecule has 4 rings (SSSR count). The average Bonchev–Trinajstić information content (AvgIpc) is 3.20. The highest BCUT2D eigenvalue weighted by molar-refractivity contribution is 8.05. The van der Waals surface area contributed by atoms with Gasteiger partial charge in [-0.25, -0.2) is 0 Å². The van der Waals surface area contributed by atoms with Crippen molar-refractivity contribution in [3.63, 3.8) is 0 Å². The lowest BCUT2D eigenvalue weighted by molar-refractivity contribution is -0.137. The fourth-order valence-electron chi connectivity index (χ4n) is 3.87. The monoisotopic (exact) mass is 537 g/mol. The van der Waals surface area contributed by atoms with Crippen LogP contribution in [0.15, 0.2) is 83.4 Å². The van der Waals surface area contributed by atoms with E-state index in [0.717, 1.165) is 29.5 Å². The minimum atomic E-state index is -4.52. The van der Waals surface area contributed by atoms with Gasteiger partial charge in [-0.3, -0.25) is 14.5 Å². The lowest BCUT2D eigenvalue weighted by Crippen LogP contribution is -2.31. The number of thioether (sulfide) groups is 1. The van der Waals surface area contributed by atoms with Gasteiger partial charge in [-0.15, -0.1) is 0 Å². The highest BCUT2D eigenvalue weighted by Gasteiger charge is 2.41. The Morgan fingerprint density at radius 2 is 1.79 bits per heavy atom. The number of methoxy groups -OCH3 is 1. The second kappa shape index (κ2) is 11.0. The van der Waals surface area contributed by atoms with E-state index in [2.05, 4.69) is 5.32 Å². The Morgan fingerprint density at radius 3 is 2.39 bits per heavy atom. The van der Waals surface area contributed by atoms with E-state index in [1.807, 2.05) is 13.0 Å². The molecular weight excluding hydrogens is 515 g/mol. The first-order chi connectivity index (χ1) is 18.1. The quantitative estimate of drug-likeness (QED) is 0.304. The van der Waals surface area contributed by atoms with Gasteiger partial charge in [0.25, 0.3) is 5.91 Å². The second-order valence-electron chi connectivity index (χ2n) is 8.49. The summed E-state index contributed by atoms with van der Waals surface area (Å²) < 4.78 is 44.9. The molecule has 6 nitrogen and oxygen atoms in total. The number of nitrogens with one attached hydrogen (secondary N) is 1. The largest absolute Gasteiger partial charge is 0.497 e. The number of nitriles is 1. The Kier molecular flexibility index (Phi) is 7.78. The number of halogens is 3. The third-order valence-corrected chi connectivity index (χ3v) is 7.08. The Morgan fingerprint density at radius 1 is 1.11 bits per heavy atom. The summed E-state index contributed by atoms with van der Waals surface area (Å²) in [4.78, 5) is 28.0. The van der Waals surface area contributed by atoms with Crippen molar-refractivity contribution < 1.29 is 27.5 Å². The minimum Gasteiger partial charge on any atom is -0.497 e. The third kappa shape index (κ3) is 5.84. The summed E-state index contributed by atoms with van der Waals surface area (Å²) in [7, 11) is 1.49. The van der Waals surface area contributed by atoms with E-state index in [-0.39, 0.29) is 17.0 Å². The molecule has 0 bridgehead atoms. The number of carbonyl (C=O) groups is 2. The van der Waals surface area contributed by atoms with Crippen LogP contribution in [0.2, 0.25) is 0 Å².